The number of pyridine rings is 1. The third kappa shape index (κ3) is 4.35. The van der Waals surface area contributed by atoms with E-state index in [4.69, 9.17) is 4.98 Å². The van der Waals surface area contributed by atoms with Crippen LogP contribution in [0.25, 0.3) is 11.4 Å². The van der Waals surface area contributed by atoms with Crippen molar-refractivity contribution in [3.63, 3.8) is 0 Å². The molecule has 0 bridgehead atoms. The predicted molar refractivity (Wildman–Crippen MR) is 102 cm³/mol. The van der Waals surface area contributed by atoms with Crippen LogP contribution in [0.3, 0.4) is 0 Å². The number of nitrogens with zero attached hydrogens (tertiary/aromatic N) is 4. The summed E-state index contributed by atoms with van der Waals surface area (Å²) in [6.07, 6.45) is 5.50. The molecule has 7 heteroatoms. The van der Waals surface area contributed by atoms with Crippen LogP contribution in [0, 0.1) is 13.8 Å². The van der Waals surface area contributed by atoms with E-state index in [1.807, 2.05) is 26.0 Å². The standard InChI is InChI=1S/C19H26N6O/c1-13-14(2)22-19(15-5-4-8-21-11-15)24-18(13)23-16-6-9-25(10-7-16)12-17(26)20-3/h4-5,8,11,16H,6-7,9-10,12H2,1-3H3,(H,20,26)(H,22,23,24). The van der Waals surface area contributed by atoms with Crippen LogP contribution in [0.4, 0.5) is 5.82 Å². The van der Waals surface area contributed by atoms with Gasteiger partial charge in [-0.15, -0.1) is 0 Å². The van der Waals surface area contributed by atoms with Crippen LogP contribution in [0.2, 0.25) is 0 Å². The van der Waals surface area contributed by atoms with Gasteiger partial charge in [-0.2, -0.15) is 0 Å². The number of carbonyl (C=O) groups is 1. The molecule has 0 spiro atoms. The molecule has 0 radical (unpaired) electrons. The second-order valence-corrected chi connectivity index (χ2v) is 6.72. The molecular formula is C19H26N6O. The number of nitrogens with one attached hydrogen (secondary N) is 2. The third-order valence-corrected chi connectivity index (χ3v) is 4.88. The molecular weight excluding hydrogens is 328 g/mol. The SMILES string of the molecule is CNC(=O)CN1CCC(Nc2nc(-c3cccnc3)nc(C)c2C)CC1. The van der Waals surface area contributed by atoms with Crippen molar-refractivity contribution in [2.24, 2.45) is 0 Å². The highest BCUT2D eigenvalue weighted by atomic mass is 16.1. The Hall–Kier alpha value is -2.54. The average Bonchev–Trinajstić information content (AvgIpc) is 2.67. The highest BCUT2D eigenvalue weighted by Gasteiger charge is 2.22. The van der Waals surface area contributed by atoms with Crippen molar-refractivity contribution in [3.8, 4) is 11.4 Å². The number of likely N-dealkylation sites (N-methyl/N-ethyl adjacent to an activating group) is 1. The predicted octanol–water partition coefficient (Wildman–Crippen LogP) is 1.78. The van der Waals surface area contributed by atoms with E-state index in [1.54, 1.807) is 19.4 Å². The number of aryl methyl sites for hydroxylation is 1. The van der Waals surface area contributed by atoms with E-state index in [-0.39, 0.29) is 5.91 Å². The Kier molecular flexibility index (Phi) is 5.78. The van der Waals surface area contributed by atoms with Gasteiger partial charge in [0.2, 0.25) is 5.91 Å². The summed E-state index contributed by atoms with van der Waals surface area (Å²) in [7, 11) is 1.68. The van der Waals surface area contributed by atoms with Crippen LogP contribution >= 0.6 is 0 Å². The van der Waals surface area contributed by atoms with Crippen molar-refractivity contribution < 1.29 is 4.79 Å². The summed E-state index contributed by atoms with van der Waals surface area (Å²) in [5.74, 6) is 1.65. The first-order chi connectivity index (χ1) is 12.6. The molecule has 7 nitrogen and oxygen atoms in total. The molecule has 0 unspecified atom stereocenters. The van der Waals surface area contributed by atoms with Crippen molar-refractivity contribution >= 4 is 11.7 Å². The summed E-state index contributed by atoms with van der Waals surface area (Å²) < 4.78 is 0. The second-order valence-electron chi connectivity index (χ2n) is 6.72. The van der Waals surface area contributed by atoms with E-state index >= 15 is 0 Å². The van der Waals surface area contributed by atoms with Crippen molar-refractivity contribution in [1.29, 1.82) is 0 Å². The molecule has 3 heterocycles. The zero-order valence-corrected chi connectivity index (χ0v) is 15.6. The van der Waals surface area contributed by atoms with Crippen LogP contribution in [0.5, 0.6) is 0 Å². The third-order valence-electron chi connectivity index (χ3n) is 4.88. The lowest BCUT2D eigenvalue weighted by molar-refractivity contribution is -0.122. The summed E-state index contributed by atoms with van der Waals surface area (Å²) in [4.78, 5) is 27.2. The number of anilines is 1. The van der Waals surface area contributed by atoms with Gasteiger partial charge >= 0.3 is 0 Å². The Balaban J connectivity index is 1.69. The van der Waals surface area contributed by atoms with E-state index in [0.29, 0.717) is 18.4 Å². The molecule has 0 atom stereocenters. The average molecular weight is 354 g/mol. The Labute approximate surface area is 154 Å². The summed E-state index contributed by atoms with van der Waals surface area (Å²) in [5, 5.41) is 6.27. The van der Waals surface area contributed by atoms with Crippen LogP contribution < -0.4 is 10.6 Å². The molecule has 138 valence electrons. The van der Waals surface area contributed by atoms with Crippen LogP contribution in [-0.2, 0) is 4.79 Å². The van der Waals surface area contributed by atoms with Crippen LogP contribution in [0.15, 0.2) is 24.5 Å². The molecule has 2 aromatic heterocycles. The van der Waals surface area contributed by atoms with Gasteiger partial charge in [-0.3, -0.25) is 14.7 Å². The monoisotopic (exact) mass is 354 g/mol. The number of hydrogen-bond acceptors (Lipinski definition) is 6. The molecule has 1 amide bonds. The van der Waals surface area contributed by atoms with E-state index in [1.165, 1.54) is 0 Å². The number of piperidine rings is 1. The molecule has 1 aliphatic rings. The lowest BCUT2D eigenvalue weighted by Gasteiger charge is -2.32. The second kappa shape index (κ2) is 8.23. The highest BCUT2D eigenvalue weighted by molar-refractivity contribution is 5.77. The van der Waals surface area contributed by atoms with E-state index in [0.717, 1.165) is 48.6 Å². The molecule has 3 rings (SSSR count). The molecule has 26 heavy (non-hydrogen) atoms. The van der Waals surface area contributed by atoms with Crippen molar-refractivity contribution in [1.82, 2.24) is 25.2 Å². The fraction of sp³-hybridized carbons (Fsp3) is 0.474. The van der Waals surface area contributed by atoms with Crippen molar-refractivity contribution in [2.75, 3.05) is 32.0 Å². The maximum atomic E-state index is 11.5. The fourth-order valence-electron chi connectivity index (χ4n) is 3.10. The minimum absolute atomic E-state index is 0.0693. The number of carbonyl (C=O) groups excluding carboxylic acids is 1. The normalized spacial score (nSPS) is 15.7. The summed E-state index contributed by atoms with van der Waals surface area (Å²) in [6, 6.07) is 4.21. The van der Waals surface area contributed by atoms with E-state index in [9.17, 15) is 4.79 Å². The molecule has 2 N–H and O–H groups in total. The van der Waals surface area contributed by atoms with Gasteiger partial charge in [-0.05, 0) is 38.8 Å². The molecule has 1 fully saturated rings. The summed E-state index contributed by atoms with van der Waals surface area (Å²) >= 11 is 0. The fourth-order valence-corrected chi connectivity index (χ4v) is 3.10. The molecule has 0 saturated carbocycles. The zero-order valence-electron chi connectivity index (χ0n) is 15.6. The number of amides is 1. The largest absolute Gasteiger partial charge is 0.367 e. The summed E-state index contributed by atoms with van der Waals surface area (Å²) in [5.41, 5.74) is 2.96. The van der Waals surface area contributed by atoms with Gasteiger partial charge in [0.1, 0.15) is 5.82 Å². The number of likely N-dealkylation sites (tertiary alicyclic amines) is 1. The Morgan fingerprint density at radius 1 is 1.27 bits per heavy atom. The highest BCUT2D eigenvalue weighted by Crippen LogP contribution is 2.23. The van der Waals surface area contributed by atoms with Gasteiger partial charge in [0.15, 0.2) is 5.82 Å². The van der Waals surface area contributed by atoms with Gasteiger partial charge in [0.25, 0.3) is 0 Å². The van der Waals surface area contributed by atoms with Gasteiger partial charge < -0.3 is 10.6 Å². The van der Waals surface area contributed by atoms with E-state index in [2.05, 4.69) is 25.5 Å². The van der Waals surface area contributed by atoms with Crippen LogP contribution in [-0.4, -0.2) is 58.5 Å². The van der Waals surface area contributed by atoms with Gasteiger partial charge in [-0.25, -0.2) is 9.97 Å². The zero-order chi connectivity index (χ0) is 18.5. The minimum atomic E-state index is 0.0693. The quantitative estimate of drug-likeness (QED) is 0.852. The van der Waals surface area contributed by atoms with Crippen LogP contribution in [0.1, 0.15) is 24.1 Å². The lowest BCUT2D eigenvalue weighted by atomic mass is 10.0. The first-order valence-electron chi connectivity index (χ1n) is 9.02. The smallest absolute Gasteiger partial charge is 0.233 e. The first-order valence-corrected chi connectivity index (χ1v) is 9.02. The number of rotatable bonds is 5. The Morgan fingerprint density at radius 3 is 2.69 bits per heavy atom. The maximum Gasteiger partial charge on any atom is 0.233 e. The number of hydrogen-bond donors (Lipinski definition) is 2. The van der Waals surface area contributed by atoms with Gasteiger partial charge in [0, 0.05) is 55.4 Å². The van der Waals surface area contributed by atoms with Crippen molar-refractivity contribution in [3.05, 3.63) is 35.8 Å². The number of aromatic nitrogens is 3. The molecule has 1 aliphatic heterocycles. The van der Waals surface area contributed by atoms with Crippen molar-refractivity contribution in [2.45, 2.75) is 32.7 Å². The minimum Gasteiger partial charge on any atom is -0.367 e. The summed E-state index contributed by atoms with van der Waals surface area (Å²) in [6.45, 7) is 6.34. The Bertz CT molecular complexity index is 756. The lowest BCUT2D eigenvalue weighted by Crippen LogP contribution is -2.43. The van der Waals surface area contributed by atoms with Gasteiger partial charge in [-0.1, -0.05) is 0 Å². The molecule has 2 aromatic rings. The molecule has 0 aromatic carbocycles. The topological polar surface area (TPSA) is 83.0 Å². The maximum absolute atomic E-state index is 11.5. The Morgan fingerprint density at radius 2 is 2.04 bits per heavy atom. The first kappa shape index (κ1) is 18.3. The van der Waals surface area contributed by atoms with E-state index < -0.39 is 0 Å². The van der Waals surface area contributed by atoms with Gasteiger partial charge in [0.05, 0.1) is 6.54 Å². The molecule has 0 aliphatic carbocycles. The molecule has 1 saturated heterocycles.